The molecule has 13 heteroatoms. The van der Waals surface area contributed by atoms with Gasteiger partial charge in [0.05, 0.1) is 18.1 Å². The molecule has 0 atom stereocenters. The van der Waals surface area contributed by atoms with Crippen LogP contribution in [0.2, 0.25) is 0 Å². The molecule has 10 nitrogen and oxygen atoms in total. The maximum absolute atomic E-state index is 12.9. The van der Waals surface area contributed by atoms with Crippen molar-refractivity contribution in [2.24, 2.45) is 5.73 Å². The number of rotatable bonds is 10. The summed E-state index contributed by atoms with van der Waals surface area (Å²) in [5.41, 5.74) is 8.12. The van der Waals surface area contributed by atoms with Crippen molar-refractivity contribution in [3.63, 3.8) is 0 Å². The molecule has 1 fully saturated rings. The van der Waals surface area contributed by atoms with Crippen LogP contribution in [0.5, 0.6) is 5.75 Å². The number of carboxylic acid groups (broad SMARTS) is 1. The predicted octanol–water partition coefficient (Wildman–Crippen LogP) is 3.90. The Kier molecular flexibility index (Phi) is 12.8. The minimum atomic E-state index is -4.15. The van der Waals surface area contributed by atoms with Crippen molar-refractivity contribution in [3.05, 3.63) is 65.2 Å². The molecule has 0 unspecified atom stereocenters. The highest BCUT2D eigenvalue weighted by Gasteiger charge is 2.25. The first kappa shape index (κ1) is 33.7. The van der Waals surface area contributed by atoms with Gasteiger partial charge >= 0.3 is 5.97 Å². The summed E-state index contributed by atoms with van der Waals surface area (Å²) in [4.78, 5) is 13.2. The van der Waals surface area contributed by atoms with Crippen molar-refractivity contribution < 1.29 is 23.1 Å². The summed E-state index contributed by atoms with van der Waals surface area (Å²) >= 11 is 0. The zero-order chi connectivity index (χ0) is 27.2. The average Bonchev–Trinajstić information content (AvgIpc) is 2.81. The van der Waals surface area contributed by atoms with Crippen LogP contribution in [0.3, 0.4) is 0 Å². The van der Waals surface area contributed by atoms with Gasteiger partial charge < -0.3 is 20.5 Å². The number of amidine groups is 2. The molecule has 0 amide bonds. The number of nitrogens with zero attached hydrogens (tertiary/aromatic N) is 2. The standard InChI is InChI=1S/C26H33N5O5S.2ClH/c1-18-14-20(16-21(15-18)26(28)29)4-3-11-31(37(34,35)17-25(32)33)22-5-7-23(8-6-22)36-24-9-12-30(13-10-24)19(2)27;;/h3-8,14-16,24,27H,9-13,17H2,1-2H3,(H3,28,29)(H,32,33);2*1H/b4-3+,27-19?;;. The Balaban J connectivity index is 0.00000380. The molecule has 3 rings (SSSR count). The van der Waals surface area contributed by atoms with Crippen molar-refractivity contribution in [2.75, 3.05) is 29.7 Å². The molecular formula is C26H35Cl2N5O5S. The number of sulfonamides is 1. The number of ether oxygens (including phenoxy) is 1. The van der Waals surface area contributed by atoms with Gasteiger partial charge in [-0.25, -0.2) is 8.42 Å². The predicted molar refractivity (Wildman–Crippen MR) is 160 cm³/mol. The van der Waals surface area contributed by atoms with Crippen molar-refractivity contribution in [1.29, 1.82) is 10.8 Å². The van der Waals surface area contributed by atoms with E-state index in [9.17, 15) is 13.2 Å². The third-order valence-electron chi connectivity index (χ3n) is 5.98. The highest BCUT2D eigenvalue weighted by atomic mass is 35.5. The van der Waals surface area contributed by atoms with Crippen LogP contribution < -0.4 is 14.8 Å². The molecule has 0 saturated carbocycles. The minimum Gasteiger partial charge on any atom is -0.490 e. The SMILES string of the molecule is CC(=N)N1CCC(Oc2ccc(N(C/C=C/c3cc(C)cc(C(=N)N)c3)S(=O)(=O)CC(=O)O)cc2)CC1.Cl.Cl. The number of aryl methyl sites for hydroxylation is 1. The van der Waals surface area contributed by atoms with Crippen molar-refractivity contribution >= 4 is 64.2 Å². The number of aliphatic carboxylic acids is 1. The zero-order valence-electron chi connectivity index (χ0n) is 21.8. The summed E-state index contributed by atoms with van der Waals surface area (Å²) in [6.45, 7) is 5.06. The fourth-order valence-electron chi connectivity index (χ4n) is 4.15. The number of nitrogens with one attached hydrogen (secondary N) is 2. The molecule has 1 heterocycles. The lowest BCUT2D eigenvalue weighted by Crippen LogP contribution is -2.40. The van der Waals surface area contributed by atoms with E-state index in [2.05, 4.69) is 0 Å². The molecule has 0 radical (unpaired) electrons. The van der Waals surface area contributed by atoms with Gasteiger partial charge in [0.15, 0.2) is 5.75 Å². The topological polar surface area (TPSA) is 161 Å². The fourth-order valence-corrected chi connectivity index (χ4v) is 5.38. The Hall–Kier alpha value is -3.28. The van der Waals surface area contributed by atoms with Crippen LogP contribution in [0.4, 0.5) is 5.69 Å². The van der Waals surface area contributed by atoms with Gasteiger partial charge in [0.1, 0.15) is 17.7 Å². The van der Waals surface area contributed by atoms with E-state index in [1.165, 1.54) is 0 Å². The number of nitrogens with two attached hydrogens (primary N) is 1. The van der Waals surface area contributed by atoms with E-state index in [-0.39, 0.29) is 43.3 Å². The maximum atomic E-state index is 12.9. The molecule has 0 spiro atoms. The number of piperidine rings is 1. The minimum absolute atomic E-state index is 0. The Bertz CT molecular complexity index is 1290. The summed E-state index contributed by atoms with van der Waals surface area (Å²) in [6, 6.07) is 11.9. The maximum Gasteiger partial charge on any atom is 0.320 e. The number of anilines is 1. The van der Waals surface area contributed by atoms with E-state index in [1.807, 2.05) is 17.9 Å². The number of hydrogen-bond acceptors (Lipinski definition) is 6. The van der Waals surface area contributed by atoms with Gasteiger partial charge in [-0.05, 0) is 61.4 Å². The second-order valence-corrected chi connectivity index (χ2v) is 10.9. The van der Waals surface area contributed by atoms with Crippen molar-refractivity contribution in [3.8, 4) is 5.75 Å². The summed E-state index contributed by atoms with van der Waals surface area (Å²) < 4.78 is 32.9. The molecule has 2 aromatic carbocycles. The number of hydrogen-bond donors (Lipinski definition) is 4. The highest BCUT2D eigenvalue weighted by molar-refractivity contribution is 7.93. The van der Waals surface area contributed by atoms with Gasteiger partial charge in [0.25, 0.3) is 0 Å². The average molecular weight is 601 g/mol. The second kappa shape index (κ2) is 14.8. The molecule has 0 aromatic heterocycles. The lowest BCUT2D eigenvalue weighted by molar-refractivity contribution is -0.134. The molecule has 1 aliphatic heterocycles. The van der Waals surface area contributed by atoms with E-state index < -0.39 is 21.7 Å². The van der Waals surface area contributed by atoms with E-state index in [4.69, 9.17) is 26.4 Å². The largest absolute Gasteiger partial charge is 0.490 e. The number of carbonyl (C=O) groups is 1. The van der Waals surface area contributed by atoms with Gasteiger partial charge in [-0.15, -0.1) is 24.8 Å². The Morgan fingerprint density at radius 1 is 1.15 bits per heavy atom. The Morgan fingerprint density at radius 2 is 1.77 bits per heavy atom. The van der Waals surface area contributed by atoms with Crippen LogP contribution in [0.25, 0.3) is 6.08 Å². The Morgan fingerprint density at radius 3 is 2.31 bits per heavy atom. The van der Waals surface area contributed by atoms with Gasteiger partial charge in [-0.2, -0.15) is 0 Å². The van der Waals surface area contributed by atoms with E-state index >= 15 is 0 Å². The number of carboxylic acids is 1. The van der Waals surface area contributed by atoms with Gasteiger partial charge in [0.2, 0.25) is 10.0 Å². The third-order valence-corrected chi connectivity index (χ3v) is 7.62. The van der Waals surface area contributed by atoms with E-state index in [0.717, 1.165) is 41.4 Å². The van der Waals surface area contributed by atoms with Gasteiger partial charge in [0, 0.05) is 31.5 Å². The van der Waals surface area contributed by atoms with Crippen LogP contribution in [0.15, 0.2) is 48.5 Å². The van der Waals surface area contributed by atoms with Gasteiger partial charge in [-0.1, -0.05) is 18.2 Å². The van der Waals surface area contributed by atoms with Gasteiger partial charge in [-0.3, -0.25) is 19.9 Å². The fraction of sp³-hybridized carbons (Fsp3) is 0.346. The first-order valence-electron chi connectivity index (χ1n) is 11.9. The molecule has 0 aliphatic carbocycles. The first-order chi connectivity index (χ1) is 17.4. The number of benzene rings is 2. The number of likely N-dealkylation sites (tertiary alicyclic amines) is 1. The van der Waals surface area contributed by atoms with E-state index in [0.29, 0.717) is 22.8 Å². The summed E-state index contributed by atoms with van der Waals surface area (Å²) in [5, 5.41) is 24.5. The van der Waals surface area contributed by atoms with Crippen LogP contribution in [0.1, 0.15) is 36.5 Å². The number of halogens is 2. The number of nitrogen functional groups attached to an aromatic ring is 1. The van der Waals surface area contributed by atoms with E-state index in [1.54, 1.807) is 55.5 Å². The molecule has 214 valence electrons. The van der Waals surface area contributed by atoms with Crippen LogP contribution in [0, 0.1) is 17.7 Å². The lowest BCUT2D eigenvalue weighted by Gasteiger charge is -2.32. The van der Waals surface area contributed by atoms with Crippen LogP contribution in [-0.4, -0.2) is 67.6 Å². The second-order valence-electron chi connectivity index (χ2n) is 9.01. The van der Waals surface area contributed by atoms with Crippen LogP contribution >= 0.6 is 24.8 Å². The van der Waals surface area contributed by atoms with Crippen molar-refractivity contribution in [2.45, 2.75) is 32.8 Å². The molecule has 0 bridgehead atoms. The third kappa shape index (κ3) is 9.76. The molecule has 1 saturated heterocycles. The molecule has 2 aromatic rings. The quantitative estimate of drug-likeness (QED) is 0.238. The lowest BCUT2D eigenvalue weighted by atomic mass is 10.1. The molecule has 1 aliphatic rings. The molecular weight excluding hydrogens is 565 g/mol. The summed E-state index contributed by atoms with van der Waals surface area (Å²) in [7, 11) is -4.15. The first-order valence-corrected chi connectivity index (χ1v) is 13.5. The summed E-state index contributed by atoms with van der Waals surface area (Å²) in [5.74, 6) is -1.41. The monoisotopic (exact) mass is 599 g/mol. The van der Waals surface area contributed by atoms with Crippen molar-refractivity contribution in [1.82, 2.24) is 4.90 Å². The zero-order valence-corrected chi connectivity index (χ0v) is 24.2. The van der Waals surface area contributed by atoms with Crippen LogP contribution in [-0.2, 0) is 14.8 Å². The Labute approximate surface area is 241 Å². The highest BCUT2D eigenvalue weighted by Crippen LogP contribution is 2.25. The summed E-state index contributed by atoms with van der Waals surface area (Å²) in [6.07, 6.45) is 4.91. The smallest absolute Gasteiger partial charge is 0.320 e. The normalized spacial score (nSPS) is 13.7. The molecule has 39 heavy (non-hydrogen) atoms. The molecule has 5 N–H and O–H groups in total.